The Hall–Kier alpha value is -1.24. The lowest BCUT2D eigenvalue weighted by atomic mass is 10.3. The lowest BCUT2D eigenvalue weighted by molar-refractivity contribution is -0.0329. The van der Waals surface area contributed by atoms with Gasteiger partial charge in [-0.25, -0.2) is 0 Å². The van der Waals surface area contributed by atoms with Crippen molar-refractivity contribution in [1.82, 2.24) is 0 Å². The molecule has 17 heavy (non-hydrogen) atoms. The summed E-state index contributed by atoms with van der Waals surface area (Å²) in [7, 11) is 1.45. The van der Waals surface area contributed by atoms with Crippen LogP contribution in [0.2, 0.25) is 0 Å². The van der Waals surface area contributed by atoms with Crippen LogP contribution >= 0.6 is 11.8 Å². The molecule has 0 amide bonds. The van der Waals surface area contributed by atoms with E-state index in [1.165, 1.54) is 13.2 Å². The zero-order chi connectivity index (χ0) is 12.9. The highest BCUT2D eigenvalue weighted by Crippen LogP contribution is 2.31. The van der Waals surface area contributed by atoms with Crippen LogP contribution in [0.25, 0.3) is 0 Å². The molecule has 1 aromatic carbocycles. The molecule has 0 saturated heterocycles. The molecule has 0 spiro atoms. The molecule has 0 aliphatic rings. The number of halogens is 3. The highest BCUT2D eigenvalue weighted by molar-refractivity contribution is 8.00. The van der Waals surface area contributed by atoms with Crippen LogP contribution in [0.3, 0.4) is 0 Å². The quantitative estimate of drug-likeness (QED) is 0.658. The molecule has 0 heterocycles. The van der Waals surface area contributed by atoms with Gasteiger partial charge in [-0.05, 0) is 23.9 Å². The molecule has 3 nitrogen and oxygen atoms in total. The highest BCUT2D eigenvalue weighted by atomic mass is 32.2. The minimum absolute atomic E-state index is 0.0655. The van der Waals surface area contributed by atoms with Crippen molar-refractivity contribution >= 4 is 17.4 Å². The number of ether oxygens (including phenoxy) is 2. The first-order valence-electron chi connectivity index (χ1n) is 4.69. The van der Waals surface area contributed by atoms with Crippen molar-refractivity contribution in [2.75, 3.05) is 25.2 Å². The summed E-state index contributed by atoms with van der Waals surface area (Å²) in [5.74, 6) is 0.605. The summed E-state index contributed by atoms with van der Waals surface area (Å²) in [6.45, 7) is -0.0655. The molecule has 0 saturated carbocycles. The van der Waals surface area contributed by atoms with Gasteiger partial charge in [-0.3, -0.25) is 0 Å². The van der Waals surface area contributed by atoms with E-state index in [1.54, 1.807) is 12.1 Å². The Morgan fingerprint density at radius 3 is 2.59 bits per heavy atom. The van der Waals surface area contributed by atoms with Gasteiger partial charge in [0.2, 0.25) is 0 Å². The van der Waals surface area contributed by atoms with Crippen LogP contribution in [0.4, 0.5) is 18.9 Å². The first-order chi connectivity index (χ1) is 7.92. The van der Waals surface area contributed by atoms with Gasteiger partial charge in [0.05, 0.1) is 13.7 Å². The number of rotatable bonds is 5. The van der Waals surface area contributed by atoms with E-state index in [0.717, 1.165) is 0 Å². The van der Waals surface area contributed by atoms with Gasteiger partial charge in [0, 0.05) is 17.5 Å². The number of hydrogen-bond acceptors (Lipinski definition) is 4. The van der Waals surface area contributed by atoms with Crippen molar-refractivity contribution in [1.29, 1.82) is 0 Å². The van der Waals surface area contributed by atoms with Crippen molar-refractivity contribution in [2.45, 2.75) is 5.51 Å². The van der Waals surface area contributed by atoms with Gasteiger partial charge in [0.15, 0.2) is 11.5 Å². The number of benzene rings is 1. The number of methoxy groups -OCH3 is 1. The van der Waals surface area contributed by atoms with Crippen LogP contribution in [0.5, 0.6) is 11.5 Å². The van der Waals surface area contributed by atoms with Crippen LogP contribution in [-0.4, -0.2) is 25.0 Å². The molecule has 96 valence electrons. The van der Waals surface area contributed by atoms with Crippen molar-refractivity contribution in [2.24, 2.45) is 0 Å². The van der Waals surface area contributed by atoms with Gasteiger partial charge in [-0.2, -0.15) is 13.2 Å². The minimum Gasteiger partial charge on any atom is -0.493 e. The fourth-order valence-corrected chi connectivity index (χ4v) is 1.51. The second-order valence-corrected chi connectivity index (χ2v) is 4.21. The summed E-state index contributed by atoms with van der Waals surface area (Å²) in [6, 6.07) is 4.73. The summed E-state index contributed by atoms with van der Waals surface area (Å²) in [5, 5.41) is 0. The summed E-state index contributed by atoms with van der Waals surface area (Å²) >= 11 is -0.127. The lowest BCUT2D eigenvalue weighted by Crippen LogP contribution is -2.08. The fourth-order valence-electron chi connectivity index (χ4n) is 1.12. The molecule has 0 aromatic heterocycles. The summed E-state index contributed by atoms with van der Waals surface area (Å²) in [5.41, 5.74) is 1.76. The molecule has 0 fully saturated rings. The molecule has 2 N–H and O–H groups in total. The third-order valence-electron chi connectivity index (χ3n) is 1.79. The van der Waals surface area contributed by atoms with Gasteiger partial charge >= 0.3 is 5.51 Å². The predicted octanol–water partition coefficient (Wildman–Crippen LogP) is 2.91. The molecule has 0 unspecified atom stereocenters. The molecular weight excluding hydrogens is 255 g/mol. The maximum Gasteiger partial charge on any atom is 0.441 e. The summed E-state index contributed by atoms with van der Waals surface area (Å²) < 4.78 is 45.7. The Bertz CT molecular complexity index is 371. The van der Waals surface area contributed by atoms with E-state index in [9.17, 15) is 13.2 Å². The standard InChI is InChI=1S/C10H12F3NO2S/c1-15-8-3-2-7(14)6-9(8)16-4-5-17-10(11,12)13/h2-3,6H,4-5,14H2,1H3. The number of anilines is 1. The Morgan fingerprint density at radius 2 is 2.00 bits per heavy atom. The van der Waals surface area contributed by atoms with E-state index in [4.69, 9.17) is 15.2 Å². The monoisotopic (exact) mass is 267 g/mol. The molecule has 0 aliphatic carbocycles. The molecular formula is C10H12F3NO2S. The smallest absolute Gasteiger partial charge is 0.441 e. The zero-order valence-corrected chi connectivity index (χ0v) is 9.90. The predicted molar refractivity (Wildman–Crippen MR) is 61.4 cm³/mol. The van der Waals surface area contributed by atoms with E-state index in [0.29, 0.717) is 17.2 Å². The summed E-state index contributed by atoms with van der Waals surface area (Å²) in [6.07, 6.45) is 0. The van der Waals surface area contributed by atoms with Gasteiger partial charge < -0.3 is 15.2 Å². The Labute approximate surface area is 101 Å². The van der Waals surface area contributed by atoms with Crippen LogP contribution in [0, 0.1) is 0 Å². The van der Waals surface area contributed by atoms with E-state index >= 15 is 0 Å². The normalized spacial score (nSPS) is 11.3. The van der Waals surface area contributed by atoms with E-state index in [-0.39, 0.29) is 24.1 Å². The zero-order valence-electron chi connectivity index (χ0n) is 9.08. The van der Waals surface area contributed by atoms with Gasteiger partial charge in [0.1, 0.15) is 0 Å². The SMILES string of the molecule is COc1ccc(N)cc1OCCSC(F)(F)F. The minimum atomic E-state index is -4.23. The van der Waals surface area contributed by atoms with Crippen LogP contribution in [-0.2, 0) is 0 Å². The number of nitrogen functional groups attached to an aromatic ring is 1. The second kappa shape index (κ2) is 5.90. The number of alkyl halides is 3. The third kappa shape index (κ3) is 5.08. The highest BCUT2D eigenvalue weighted by Gasteiger charge is 2.27. The fraction of sp³-hybridized carbons (Fsp3) is 0.400. The third-order valence-corrected chi connectivity index (χ3v) is 2.49. The Kier molecular flexibility index (Phi) is 4.80. The average molecular weight is 267 g/mol. The number of nitrogens with two attached hydrogens (primary N) is 1. The molecule has 7 heteroatoms. The van der Waals surface area contributed by atoms with Crippen LogP contribution in [0.15, 0.2) is 18.2 Å². The molecule has 0 bridgehead atoms. The molecule has 1 rings (SSSR count). The van der Waals surface area contributed by atoms with Gasteiger partial charge in [0.25, 0.3) is 0 Å². The maximum atomic E-state index is 11.9. The van der Waals surface area contributed by atoms with Crippen molar-refractivity contribution < 1.29 is 22.6 Å². The second-order valence-electron chi connectivity index (χ2n) is 3.05. The Morgan fingerprint density at radius 1 is 1.29 bits per heavy atom. The van der Waals surface area contributed by atoms with E-state index < -0.39 is 5.51 Å². The number of hydrogen-bond donors (Lipinski definition) is 1. The van der Waals surface area contributed by atoms with Gasteiger partial charge in [-0.15, -0.1) is 0 Å². The maximum absolute atomic E-state index is 11.9. The first kappa shape index (κ1) is 13.8. The molecule has 1 aromatic rings. The molecule has 0 radical (unpaired) electrons. The van der Waals surface area contributed by atoms with Crippen molar-refractivity contribution in [3.8, 4) is 11.5 Å². The summed E-state index contributed by atoms with van der Waals surface area (Å²) in [4.78, 5) is 0. The number of thioether (sulfide) groups is 1. The topological polar surface area (TPSA) is 44.5 Å². The lowest BCUT2D eigenvalue weighted by Gasteiger charge is -2.11. The van der Waals surface area contributed by atoms with Crippen LogP contribution < -0.4 is 15.2 Å². The molecule has 0 atom stereocenters. The van der Waals surface area contributed by atoms with Gasteiger partial charge in [-0.1, -0.05) is 0 Å². The largest absolute Gasteiger partial charge is 0.493 e. The van der Waals surface area contributed by atoms with Crippen molar-refractivity contribution in [3.63, 3.8) is 0 Å². The van der Waals surface area contributed by atoms with Crippen LogP contribution in [0.1, 0.15) is 0 Å². The molecule has 0 aliphatic heterocycles. The average Bonchev–Trinajstić information content (AvgIpc) is 2.23. The van der Waals surface area contributed by atoms with E-state index in [2.05, 4.69) is 0 Å². The Balaban J connectivity index is 2.48. The first-order valence-corrected chi connectivity index (χ1v) is 5.68. The van der Waals surface area contributed by atoms with Crippen molar-refractivity contribution in [3.05, 3.63) is 18.2 Å². The van der Waals surface area contributed by atoms with E-state index in [1.807, 2.05) is 0 Å².